The number of benzene rings is 3. The van der Waals surface area contributed by atoms with Gasteiger partial charge in [0.1, 0.15) is 11.5 Å². The van der Waals surface area contributed by atoms with Gasteiger partial charge >= 0.3 is 0 Å². The second-order valence-corrected chi connectivity index (χ2v) is 7.67. The van der Waals surface area contributed by atoms with Gasteiger partial charge in [-0.2, -0.15) is 5.10 Å². The van der Waals surface area contributed by atoms with Crippen LogP contribution in [-0.2, 0) is 7.05 Å². The molecule has 168 valence electrons. The molecule has 1 aromatic heterocycles. The summed E-state index contributed by atoms with van der Waals surface area (Å²) >= 11 is 0. The highest BCUT2D eigenvalue weighted by Crippen LogP contribution is 2.53. The second-order valence-electron chi connectivity index (χ2n) is 7.67. The van der Waals surface area contributed by atoms with Crippen molar-refractivity contribution in [2.24, 2.45) is 12.1 Å². The Balaban J connectivity index is 1.78. The summed E-state index contributed by atoms with van der Waals surface area (Å²) in [5.41, 5.74) is 9.90. The Morgan fingerprint density at radius 2 is 1.52 bits per heavy atom. The Kier molecular flexibility index (Phi) is 5.09. The van der Waals surface area contributed by atoms with E-state index in [4.69, 9.17) is 24.0 Å². The molecule has 0 atom stereocenters. The molecule has 0 amide bonds. The zero-order valence-corrected chi connectivity index (χ0v) is 19.2. The Morgan fingerprint density at radius 3 is 2.18 bits per heavy atom. The monoisotopic (exact) mass is 443 g/mol. The van der Waals surface area contributed by atoms with E-state index in [9.17, 15) is 0 Å². The second kappa shape index (κ2) is 8.09. The molecule has 0 spiro atoms. The Morgan fingerprint density at radius 1 is 0.788 bits per heavy atom. The van der Waals surface area contributed by atoms with Gasteiger partial charge in [-0.15, -0.1) is 0 Å². The lowest BCUT2D eigenvalue weighted by molar-refractivity contribution is 0.325. The van der Waals surface area contributed by atoms with Gasteiger partial charge in [0.2, 0.25) is 5.75 Å². The lowest BCUT2D eigenvalue weighted by Crippen LogP contribution is -2.05. The van der Waals surface area contributed by atoms with Crippen molar-refractivity contribution < 1.29 is 18.9 Å². The first-order valence-corrected chi connectivity index (χ1v) is 10.5. The van der Waals surface area contributed by atoms with Gasteiger partial charge in [0.05, 0.1) is 45.4 Å². The third-order valence-electron chi connectivity index (χ3n) is 6.05. The fourth-order valence-electron chi connectivity index (χ4n) is 4.54. The number of fused-ring (bicyclic) bond motifs is 5. The number of ether oxygens (including phenoxy) is 4. The van der Waals surface area contributed by atoms with Gasteiger partial charge in [0.15, 0.2) is 11.5 Å². The lowest BCUT2D eigenvalue weighted by Gasteiger charge is -2.17. The van der Waals surface area contributed by atoms with Crippen molar-refractivity contribution in [2.75, 3.05) is 33.9 Å². The molecule has 0 saturated carbocycles. The van der Waals surface area contributed by atoms with Crippen LogP contribution >= 0.6 is 0 Å². The normalized spacial score (nSPS) is 13.1. The average Bonchev–Trinajstić information content (AvgIpc) is 3.34. The van der Waals surface area contributed by atoms with E-state index in [1.165, 1.54) is 0 Å². The van der Waals surface area contributed by atoms with E-state index in [0.29, 0.717) is 17.2 Å². The summed E-state index contributed by atoms with van der Waals surface area (Å²) in [5, 5.41) is 5.97. The van der Waals surface area contributed by atoms with Crippen LogP contribution in [0.4, 0.5) is 5.69 Å². The van der Waals surface area contributed by atoms with Crippen LogP contribution in [0, 0.1) is 0 Å². The molecule has 1 aliphatic carbocycles. The molecule has 1 N–H and O–H groups in total. The number of aryl methyl sites for hydroxylation is 1. The standard InChI is InChI=1S/C26H25N3O4/c1-29-19-9-7-6-8-17(19)21-23(28-27-15-10-12-16(30-2)13-11-15)18-14-20(31-3)25(32-4)26(33-5)22(18)24(21)29/h6-14,27H,1-5H3/b28-23+. The first-order valence-electron chi connectivity index (χ1n) is 10.5. The number of hydrazone groups is 1. The molecular weight excluding hydrogens is 418 g/mol. The minimum Gasteiger partial charge on any atom is -0.497 e. The van der Waals surface area contributed by atoms with Crippen LogP contribution in [0.3, 0.4) is 0 Å². The fraction of sp³-hybridized carbons (Fsp3) is 0.192. The first kappa shape index (κ1) is 20.8. The van der Waals surface area contributed by atoms with E-state index in [1.807, 2.05) is 42.5 Å². The van der Waals surface area contributed by atoms with E-state index in [0.717, 1.165) is 50.4 Å². The summed E-state index contributed by atoms with van der Waals surface area (Å²) in [6, 6.07) is 17.9. The van der Waals surface area contributed by atoms with Crippen molar-refractivity contribution in [1.82, 2.24) is 4.57 Å². The van der Waals surface area contributed by atoms with E-state index < -0.39 is 0 Å². The summed E-state index contributed by atoms with van der Waals surface area (Å²) in [4.78, 5) is 0. The maximum absolute atomic E-state index is 5.86. The Bertz CT molecular complexity index is 1390. The first-order chi connectivity index (χ1) is 16.1. The van der Waals surface area contributed by atoms with Crippen LogP contribution in [0.25, 0.3) is 22.2 Å². The molecule has 1 heterocycles. The third-order valence-corrected chi connectivity index (χ3v) is 6.05. The highest BCUT2D eigenvalue weighted by molar-refractivity contribution is 6.31. The number of nitrogens with zero attached hydrogens (tertiary/aromatic N) is 2. The predicted octanol–water partition coefficient (Wildman–Crippen LogP) is 5.06. The Hall–Kier alpha value is -4.13. The van der Waals surface area contributed by atoms with Crippen LogP contribution in [0.5, 0.6) is 23.0 Å². The molecule has 0 radical (unpaired) electrons. The Labute approximate surface area is 192 Å². The molecular formula is C26H25N3O4. The molecule has 7 nitrogen and oxygen atoms in total. The molecule has 0 saturated heterocycles. The highest BCUT2D eigenvalue weighted by Gasteiger charge is 2.36. The third kappa shape index (κ3) is 3.08. The van der Waals surface area contributed by atoms with E-state index in [-0.39, 0.29) is 0 Å². The van der Waals surface area contributed by atoms with Crippen molar-refractivity contribution in [3.63, 3.8) is 0 Å². The van der Waals surface area contributed by atoms with Gasteiger partial charge in [-0.1, -0.05) is 18.2 Å². The van der Waals surface area contributed by atoms with Crippen LogP contribution < -0.4 is 24.4 Å². The largest absolute Gasteiger partial charge is 0.497 e. The number of hydrogen-bond donors (Lipinski definition) is 1. The van der Waals surface area contributed by atoms with Gasteiger partial charge in [-0.3, -0.25) is 5.43 Å². The molecule has 7 heteroatoms. The molecule has 5 rings (SSSR count). The smallest absolute Gasteiger partial charge is 0.204 e. The van der Waals surface area contributed by atoms with Crippen molar-refractivity contribution in [1.29, 1.82) is 0 Å². The van der Waals surface area contributed by atoms with Crippen molar-refractivity contribution in [3.8, 4) is 34.3 Å². The zero-order chi connectivity index (χ0) is 23.1. The van der Waals surface area contributed by atoms with Crippen LogP contribution in [0.15, 0.2) is 59.7 Å². The molecule has 0 unspecified atom stereocenters. The maximum Gasteiger partial charge on any atom is 0.204 e. The summed E-state index contributed by atoms with van der Waals surface area (Å²) in [6.07, 6.45) is 0. The minimum atomic E-state index is 0.555. The highest BCUT2D eigenvalue weighted by atomic mass is 16.5. The number of para-hydroxylation sites is 1. The average molecular weight is 444 g/mol. The van der Waals surface area contributed by atoms with Gasteiger partial charge in [-0.05, 0) is 36.4 Å². The predicted molar refractivity (Wildman–Crippen MR) is 130 cm³/mol. The van der Waals surface area contributed by atoms with E-state index >= 15 is 0 Å². The topological polar surface area (TPSA) is 66.2 Å². The van der Waals surface area contributed by atoms with E-state index in [2.05, 4.69) is 29.2 Å². The fourth-order valence-corrected chi connectivity index (χ4v) is 4.54. The van der Waals surface area contributed by atoms with Crippen LogP contribution in [0.2, 0.25) is 0 Å². The summed E-state index contributed by atoms with van der Waals surface area (Å²) in [6.45, 7) is 0. The van der Waals surface area contributed by atoms with Crippen molar-refractivity contribution in [2.45, 2.75) is 0 Å². The summed E-state index contributed by atoms with van der Waals surface area (Å²) < 4.78 is 24.6. The molecule has 3 aromatic carbocycles. The quantitative estimate of drug-likeness (QED) is 0.372. The molecule has 0 fully saturated rings. The van der Waals surface area contributed by atoms with Gasteiger partial charge in [0.25, 0.3) is 0 Å². The number of anilines is 1. The lowest BCUT2D eigenvalue weighted by atomic mass is 10.0. The van der Waals surface area contributed by atoms with Crippen molar-refractivity contribution >= 4 is 22.3 Å². The minimum absolute atomic E-state index is 0.555. The number of rotatable bonds is 6. The van der Waals surface area contributed by atoms with Crippen molar-refractivity contribution in [3.05, 3.63) is 65.7 Å². The van der Waals surface area contributed by atoms with Gasteiger partial charge in [-0.25, -0.2) is 0 Å². The van der Waals surface area contributed by atoms with Gasteiger partial charge in [0, 0.05) is 29.1 Å². The molecule has 4 aromatic rings. The zero-order valence-electron chi connectivity index (χ0n) is 19.2. The number of methoxy groups -OCH3 is 4. The number of aromatic nitrogens is 1. The molecule has 0 bridgehead atoms. The number of nitrogens with one attached hydrogen (secondary N) is 1. The van der Waals surface area contributed by atoms with E-state index in [1.54, 1.807) is 28.4 Å². The summed E-state index contributed by atoms with van der Waals surface area (Å²) in [5.74, 6) is 2.55. The molecule has 1 aliphatic rings. The van der Waals surface area contributed by atoms with Gasteiger partial charge < -0.3 is 23.5 Å². The van der Waals surface area contributed by atoms with Crippen LogP contribution in [-0.4, -0.2) is 38.7 Å². The number of hydrogen-bond acceptors (Lipinski definition) is 6. The van der Waals surface area contributed by atoms with Crippen LogP contribution in [0.1, 0.15) is 11.1 Å². The molecule has 33 heavy (non-hydrogen) atoms. The summed E-state index contributed by atoms with van der Waals surface area (Å²) in [7, 11) is 8.58. The molecule has 0 aliphatic heterocycles. The maximum atomic E-state index is 5.86. The SMILES string of the molecule is COc1ccc(N/N=C2\c3cc(OC)c(OC)c(OC)c3-c3c2c2ccccc2n3C)cc1.